The maximum Gasteiger partial charge on any atom is 0.349 e. The number of carboxylic acids is 1. The first-order valence-corrected chi connectivity index (χ1v) is 9.88. The average Bonchev–Trinajstić information content (AvgIpc) is 3.32. The van der Waals surface area contributed by atoms with Gasteiger partial charge in [-0.25, -0.2) is 9.78 Å². The Labute approximate surface area is 166 Å². The summed E-state index contributed by atoms with van der Waals surface area (Å²) in [5.41, 5.74) is 2.40. The molecule has 0 aliphatic heterocycles. The summed E-state index contributed by atoms with van der Waals surface area (Å²) in [5, 5.41) is 14.9. The topological polar surface area (TPSA) is 64.3 Å². The molecule has 4 aromatic rings. The molecule has 1 aromatic carbocycles. The molecule has 0 spiro atoms. The van der Waals surface area contributed by atoms with E-state index in [0.717, 1.165) is 22.4 Å². The molecule has 3 heterocycles. The van der Waals surface area contributed by atoms with Gasteiger partial charge in [-0.2, -0.15) is 11.3 Å². The molecule has 0 saturated carbocycles. The number of aromatic carboxylic acids is 1. The number of thiophene rings is 2. The van der Waals surface area contributed by atoms with Crippen molar-refractivity contribution in [2.45, 2.75) is 6.61 Å². The molecule has 0 bridgehead atoms. The van der Waals surface area contributed by atoms with Crippen molar-refractivity contribution in [3.63, 3.8) is 0 Å². The van der Waals surface area contributed by atoms with Crippen LogP contribution in [0.15, 0.2) is 41.4 Å². The molecule has 0 radical (unpaired) electrons. The highest BCUT2D eigenvalue weighted by atomic mass is 35.5. The summed E-state index contributed by atoms with van der Waals surface area (Å²) in [6.07, 6.45) is 1.61. The van der Waals surface area contributed by atoms with E-state index in [1.807, 2.05) is 16.8 Å². The molecule has 0 aliphatic rings. The number of fused-ring (bicyclic) bond motifs is 1. The molecular formula is C17H10Cl2N2O3S2. The molecule has 4 rings (SSSR count). The Balaban J connectivity index is 1.74. The molecule has 0 fully saturated rings. The molecule has 3 aromatic heterocycles. The minimum absolute atomic E-state index is 0.136. The number of hydrogen-bond acceptors (Lipinski definition) is 5. The van der Waals surface area contributed by atoms with Crippen molar-refractivity contribution in [2.75, 3.05) is 0 Å². The fourth-order valence-electron chi connectivity index (χ4n) is 2.45. The predicted octanol–water partition coefficient (Wildman–Crippen LogP) is 5.73. The molecule has 26 heavy (non-hydrogen) atoms. The van der Waals surface area contributed by atoms with Crippen molar-refractivity contribution in [1.82, 2.24) is 9.55 Å². The number of imidazole rings is 1. The minimum Gasteiger partial charge on any atom is -0.487 e. The summed E-state index contributed by atoms with van der Waals surface area (Å²) in [7, 11) is 0. The van der Waals surface area contributed by atoms with Gasteiger partial charge in [-0.15, -0.1) is 11.3 Å². The molecule has 0 amide bonds. The van der Waals surface area contributed by atoms with E-state index in [1.165, 1.54) is 0 Å². The van der Waals surface area contributed by atoms with E-state index in [0.29, 0.717) is 32.9 Å². The lowest BCUT2D eigenvalue weighted by atomic mass is 10.3. The molecule has 1 N–H and O–H groups in total. The molecule has 132 valence electrons. The van der Waals surface area contributed by atoms with Crippen molar-refractivity contribution >= 4 is 62.9 Å². The Bertz CT molecular complexity index is 1100. The van der Waals surface area contributed by atoms with E-state index in [2.05, 4.69) is 4.98 Å². The van der Waals surface area contributed by atoms with Crippen LogP contribution in [0, 0.1) is 0 Å². The summed E-state index contributed by atoms with van der Waals surface area (Å²) < 4.78 is 7.50. The third-order valence-electron chi connectivity index (χ3n) is 3.68. The average molecular weight is 425 g/mol. The number of ether oxygens (including phenoxy) is 1. The zero-order valence-electron chi connectivity index (χ0n) is 13.0. The Kier molecular flexibility index (Phi) is 4.62. The van der Waals surface area contributed by atoms with Crippen LogP contribution in [0.1, 0.15) is 15.2 Å². The lowest BCUT2D eigenvalue weighted by molar-refractivity contribution is 0.0697. The van der Waals surface area contributed by atoms with Crippen LogP contribution >= 0.6 is 45.9 Å². The summed E-state index contributed by atoms with van der Waals surface area (Å²) >= 11 is 14.8. The molecule has 9 heteroatoms. The zero-order chi connectivity index (χ0) is 18.3. The molecule has 0 unspecified atom stereocenters. The van der Waals surface area contributed by atoms with E-state index in [4.69, 9.17) is 27.9 Å². The van der Waals surface area contributed by atoms with Crippen LogP contribution in [0.4, 0.5) is 0 Å². The standard InChI is InChI=1S/C17H10Cl2N2O3S2/c18-10-3-12-13(4-11(10)19)21(8-20-12)15-5-14(16(26-15)17(22)23)24-6-9-1-2-25-7-9/h1-5,7-8H,6H2,(H,22,23). The van der Waals surface area contributed by atoms with Crippen LogP contribution < -0.4 is 4.74 Å². The highest BCUT2D eigenvalue weighted by Gasteiger charge is 2.19. The van der Waals surface area contributed by atoms with Gasteiger partial charge in [-0.3, -0.25) is 4.57 Å². The van der Waals surface area contributed by atoms with E-state index < -0.39 is 5.97 Å². The van der Waals surface area contributed by atoms with Gasteiger partial charge >= 0.3 is 5.97 Å². The monoisotopic (exact) mass is 424 g/mol. The van der Waals surface area contributed by atoms with Crippen molar-refractivity contribution in [1.29, 1.82) is 0 Å². The normalized spacial score (nSPS) is 11.2. The lowest BCUT2D eigenvalue weighted by Gasteiger charge is -2.03. The zero-order valence-corrected chi connectivity index (χ0v) is 16.1. The highest BCUT2D eigenvalue weighted by Crippen LogP contribution is 2.35. The summed E-state index contributed by atoms with van der Waals surface area (Å²) in [6.45, 7) is 0.312. The number of rotatable bonds is 5. The van der Waals surface area contributed by atoms with Crippen molar-refractivity contribution < 1.29 is 14.6 Å². The number of halogens is 2. The number of benzene rings is 1. The third-order valence-corrected chi connectivity index (χ3v) is 6.24. The fraction of sp³-hybridized carbons (Fsp3) is 0.0588. The summed E-state index contributed by atoms with van der Waals surface area (Å²) in [6, 6.07) is 7.02. The van der Waals surface area contributed by atoms with Gasteiger partial charge in [-0.1, -0.05) is 23.2 Å². The number of carboxylic acid groups (broad SMARTS) is 1. The minimum atomic E-state index is -1.04. The highest BCUT2D eigenvalue weighted by molar-refractivity contribution is 7.16. The Morgan fingerprint density at radius 2 is 2.08 bits per heavy atom. The molecule has 5 nitrogen and oxygen atoms in total. The first kappa shape index (κ1) is 17.4. The molecular weight excluding hydrogens is 415 g/mol. The van der Waals surface area contributed by atoms with E-state index in [-0.39, 0.29) is 4.88 Å². The van der Waals surface area contributed by atoms with Crippen molar-refractivity contribution in [3.05, 3.63) is 61.8 Å². The van der Waals surface area contributed by atoms with E-state index in [9.17, 15) is 9.90 Å². The van der Waals surface area contributed by atoms with Crippen molar-refractivity contribution in [3.8, 4) is 10.8 Å². The number of nitrogens with zero attached hydrogens (tertiary/aromatic N) is 2. The molecule has 0 aliphatic carbocycles. The second-order valence-electron chi connectivity index (χ2n) is 5.37. The predicted molar refractivity (Wildman–Crippen MR) is 105 cm³/mol. The second-order valence-corrected chi connectivity index (χ2v) is 8.00. The maximum absolute atomic E-state index is 11.6. The van der Waals surface area contributed by atoms with Gasteiger partial charge in [0.1, 0.15) is 23.7 Å². The molecule has 0 saturated heterocycles. The lowest BCUT2D eigenvalue weighted by Crippen LogP contribution is -1.99. The van der Waals surface area contributed by atoms with Crippen LogP contribution in [0.5, 0.6) is 5.75 Å². The van der Waals surface area contributed by atoms with Gasteiger partial charge in [0, 0.05) is 6.07 Å². The van der Waals surface area contributed by atoms with Gasteiger partial charge in [0.05, 0.1) is 21.1 Å². The number of carbonyl (C=O) groups is 1. The number of hydrogen-bond donors (Lipinski definition) is 1. The van der Waals surface area contributed by atoms with Gasteiger partial charge < -0.3 is 9.84 Å². The number of aromatic nitrogens is 2. The van der Waals surface area contributed by atoms with E-state index in [1.54, 1.807) is 40.4 Å². The Morgan fingerprint density at radius 3 is 2.81 bits per heavy atom. The van der Waals surface area contributed by atoms with Crippen LogP contribution in [0.2, 0.25) is 10.0 Å². The van der Waals surface area contributed by atoms with Gasteiger partial charge in [0.2, 0.25) is 0 Å². The largest absolute Gasteiger partial charge is 0.487 e. The fourth-order valence-corrected chi connectivity index (χ4v) is 4.35. The molecule has 0 atom stereocenters. The quantitative estimate of drug-likeness (QED) is 0.443. The van der Waals surface area contributed by atoms with Crippen LogP contribution in [0.25, 0.3) is 16.0 Å². The van der Waals surface area contributed by atoms with Gasteiger partial charge in [0.25, 0.3) is 0 Å². The second kappa shape index (κ2) is 6.92. The van der Waals surface area contributed by atoms with Crippen molar-refractivity contribution in [2.24, 2.45) is 0 Å². The Morgan fingerprint density at radius 1 is 1.27 bits per heavy atom. The van der Waals surface area contributed by atoms with Crippen LogP contribution in [-0.2, 0) is 6.61 Å². The van der Waals surface area contributed by atoms with Crippen LogP contribution in [0.3, 0.4) is 0 Å². The van der Waals surface area contributed by atoms with Gasteiger partial charge in [-0.05, 0) is 34.5 Å². The Hall–Kier alpha value is -2.06. The first-order chi connectivity index (χ1) is 12.5. The first-order valence-electron chi connectivity index (χ1n) is 7.36. The van der Waals surface area contributed by atoms with Crippen LogP contribution in [-0.4, -0.2) is 20.6 Å². The van der Waals surface area contributed by atoms with E-state index >= 15 is 0 Å². The third kappa shape index (κ3) is 3.19. The summed E-state index contributed by atoms with van der Waals surface area (Å²) in [5.74, 6) is -0.710. The summed E-state index contributed by atoms with van der Waals surface area (Å²) in [4.78, 5) is 16.0. The maximum atomic E-state index is 11.6. The SMILES string of the molecule is O=C(O)c1sc(-n2cnc3cc(Cl)c(Cl)cc32)cc1OCc1ccsc1. The smallest absolute Gasteiger partial charge is 0.349 e. The van der Waals surface area contributed by atoms with Gasteiger partial charge in [0.15, 0.2) is 4.88 Å².